The second kappa shape index (κ2) is 11.0. The van der Waals surface area contributed by atoms with Crippen LogP contribution in [0.4, 0.5) is 0 Å². The van der Waals surface area contributed by atoms with Gasteiger partial charge in [-0.2, -0.15) is 0 Å². The molecule has 7 heteroatoms. The highest BCUT2D eigenvalue weighted by atomic mass is 32.1. The zero-order valence-electron chi connectivity index (χ0n) is 18.1. The quantitative estimate of drug-likeness (QED) is 0.521. The van der Waals surface area contributed by atoms with Crippen molar-refractivity contribution in [1.82, 2.24) is 15.5 Å². The number of aliphatic imine (C=N–C) groups is 1. The highest BCUT2D eigenvalue weighted by Gasteiger charge is 2.23. The van der Waals surface area contributed by atoms with Crippen LogP contribution in [0.3, 0.4) is 0 Å². The van der Waals surface area contributed by atoms with Crippen molar-refractivity contribution in [3.63, 3.8) is 0 Å². The summed E-state index contributed by atoms with van der Waals surface area (Å²) in [5.74, 6) is 2.44. The number of amides is 1. The molecule has 2 aromatic rings. The van der Waals surface area contributed by atoms with Crippen molar-refractivity contribution in [3.05, 3.63) is 40.6 Å². The van der Waals surface area contributed by atoms with E-state index >= 15 is 0 Å². The van der Waals surface area contributed by atoms with Gasteiger partial charge in [0.1, 0.15) is 5.75 Å². The Bertz CT molecular complexity index is 839. The normalized spacial score (nSPS) is 15.2. The summed E-state index contributed by atoms with van der Waals surface area (Å²) in [6, 6.07) is 10.4. The Morgan fingerprint density at radius 1 is 1.23 bits per heavy atom. The Labute approximate surface area is 183 Å². The first-order valence-electron chi connectivity index (χ1n) is 10.6. The summed E-state index contributed by atoms with van der Waals surface area (Å²) in [6.07, 6.45) is 2.68. The Balaban J connectivity index is 1.60. The minimum absolute atomic E-state index is 0.138. The fourth-order valence-corrected chi connectivity index (χ4v) is 4.51. The monoisotopic (exact) mass is 428 g/mol. The van der Waals surface area contributed by atoms with Crippen LogP contribution in [0.5, 0.6) is 5.75 Å². The number of guanidine groups is 1. The Kier molecular flexibility index (Phi) is 8.13. The fraction of sp³-hybridized carbons (Fsp3) is 0.478. The van der Waals surface area contributed by atoms with Crippen molar-refractivity contribution in [2.45, 2.75) is 32.7 Å². The minimum Gasteiger partial charge on any atom is -0.497 e. The lowest BCUT2D eigenvalue weighted by atomic mass is 9.93. The van der Waals surface area contributed by atoms with Crippen LogP contribution in [-0.4, -0.2) is 50.6 Å². The van der Waals surface area contributed by atoms with Gasteiger partial charge in [0.25, 0.3) is 0 Å². The standard InChI is InChI=1S/C23H32N4O2S/c1-4-25-23(27-11-9-17(10-12-27)13-22(28)24-2)26-15-21-14-19(16-30-21)18-5-7-20(29-3)8-6-18/h5-8,14,16-17H,4,9-13,15H2,1-3H3,(H,24,28)(H,25,26). The predicted octanol–water partition coefficient (Wildman–Crippen LogP) is 3.74. The van der Waals surface area contributed by atoms with E-state index in [2.05, 4.69) is 46.0 Å². The van der Waals surface area contributed by atoms with Gasteiger partial charge in [-0.25, -0.2) is 4.99 Å². The van der Waals surface area contributed by atoms with Crippen molar-refractivity contribution in [1.29, 1.82) is 0 Å². The third-order valence-corrected chi connectivity index (χ3v) is 6.39. The van der Waals surface area contributed by atoms with Crippen molar-refractivity contribution >= 4 is 23.2 Å². The number of piperidine rings is 1. The number of rotatable bonds is 7. The van der Waals surface area contributed by atoms with Crippen LogP contribution in [0.1, 0.15) is 31.1 Å². The molecule has 1 amide bonds. The summed E-state index contributed by atoms with van der Waals surface area (Å²) in [5, 5.41) is 8.34. The molecule has 1 aliphatic rings. The van der Waals surface area contributed by atoms with Gasteiger partial charge in [-0.15, -0.1) is 11.3 Å². The van der Waals surface area contributed by atoms with Gasteiger partial charge in [0, 0.05) is 38.0 Å². The van der Waals surface area contributed by atoms with E-state index < -0.39 is 0 Å². The van der Waals surface area contributed by atoms with E-state index in [0.717, 1.165) is 44.2 Å². The molecule has 1 saturated heterocycles. The van der Waals surface area contributed by atoms with Crippen LogP contribution in [0.2, 0.25) is 0 Å². The summed E-state index contributed by atoms with van der Waals surface area (Å²) in [5.41, 5.74) is 2.40. The highest BCUT2D eigenvalue weighted by molar-refractivity contribution is 7.10. The van der Waals surface area contributed by atoms with E-state index in [0.29, 0.717) is 18.9 Å². The summed E-state index contributed by atoms with van der Waals surface area (Å²) in [6.45, 7) is 5.49. The molecule has 0 bridgehead atoms. The van der Waals surface area contributed by atoms with Crippen LogP contribution in [0, 0.1) is 5.92 Å². The number of hydrogen-bond acceptors (Lipinski definition) is 4. The number of benzene rings is 1. The third-order valence-electron chi connectivity index (χ3n) is 5.46. The smallest absolute Gasteiger partial charge is 0.220 e. The zero-order valence-corrected chi connectivity index (χ0v) is 18.9. The van der Waals surface area contributed by atoms with Crippen LogP contribution in [-0.2, 0) is 11.3 Å². The van der Waals surface area contributed by atoms with Crippen molar-refractivity contribution in [3.8, 4) is 16.9 Å². The lowest BCUT2D eigenvalue weighted by Crippen LogP contribution is -2.46. The molecule has 0 spiro atoms. The van der Waals surface area contributed by atoms with Crippen LogP contribution >= 0.6 is 11.3 Å². The van der Waals surface area contributed by atoms with E-state index in [4.69, 9.17) is 9.73 Å². The van der Waals surface area contributed by atoms with Gasteiger partial charge < -0.3 is 20.3 Å². The number of carbonyl (C=O) groups is 1. The predicted molar refractivity (Wildman–Crippen MR) is 124 cm³/mol. The number of hydrogen-bond donors (Lipinski definition) is 2. The van der Waals surface area contributed by atoms with E-state index in [9.17, 15) is 4.79 Å². The topological polar surface area (TPSA) is 66.0 Å². The number of methoxy groups -OCH3 is 1. The summed E-state index contributed by atoms with van der Waals surface area (Å²) < 4.78 is 5.24. The molecule has 1 fully saturated rings. The highest BCUT2D eigenvalue weighted by Crippen LogP contribution is 2.28. The molecular formula is C23H32N4O2S. The number of nitrogens with one attached hydrogen (secondary N) is 2. The second-order valence-corrected chi connectivity index (χ2v) is 8.50. The maximum atomic E-state index is 11.6. The number of ether oxygens (including phenoxy) is 1. The number of thiophene rings is 1. The van der Waals surface area contributed by atoms with Crippen LogP contribution in [0.25, 0.3) is 11.1 Å². The molecule has 2 N–H and O–H groups in total. The molecule has 0 unspecified atom stereocenters. The molecule has 162 valence electrons. The van der Waals surface area contributed by atoms with Gasteiger partial charge >= 0.3 is 0 Å². The van der Waals surface area contributed by atoms with E-state index in [-0.39, 0.29) is 5.91 Å². The van der Waals surface area contributed by atoms with Gasteiger partial charge in [0.15, 0.2) is 5.96 Å². The van der Waals surface area contributed by atoms with E-state index in [1.165, 1.54) is 16.0 Å². The lowest BCUT2D eigenvalue weighted by molar-refractivity contribution is -0.121. The molecule has 2 heterocycles. The zero-order chi connectivity index (χ0) is 21.3. The lowest BCUT2D eigenvalue weighted by Gasteiger charge is -2.34. The first-order valence-corrected chi connectivity index (χ1v) is 11.5. The molecule has 6 nitrogen and oxygen atoms in total. The molecule has 1 aliphatic heterocycles. The van der Waals surface area contributed by atoms with Crippen molar-refractivity contribution < 1.29 is 9.53 Å². The number of likely N-dealkylation sites (tertiary alicyclic amines) is 1. The molecule has 0 atom stereocenters. The first-order chi connectivity index (χ1) is 14.6. The second-order valence-electron chi connectivity index (χ2n) is 7.51. The SMILES string of the molecule is CCNC(=NCc1cc(-c2ccc(OC)cc2)cs1)N1CCC(CC(=O)NC)CC1. The van der Waals surface area contributed by atoms with E-state index in [1.54, 1.807) is 25.5 Å². The molecule has 0 aliphatic carbocycles. The number of carbonyl (C=O) groups excluding carboxylic acids is 1. The molecule has 30 heavy (non-hydrogen) atoms. The summed E-state index contributed by atoms with van der Waals surface area (Å²) in [4.78, 5) is 20.1. The summed E-state index contributed by atoms with van der Waals surface area (Å²) >= 11 is 1.74. The molecule has 0 radical (unpaired) electrons. The van der Waals surface area contributed by atoms with Crippen LogP contribution < -0.4 is 15.4 Å². The maximum Gasteiger partial charge on any atom is 0.220 e. The maximum absolute atomic E-state index is 11.6. The Hall–Kier alpha value is -2.54. The first kappa shape index (κ1) is 22.2. The van der Waals surface area contributed by atoms with Gasteiger partial charge in [0.2, 0.25) is 5.91 Å². The average molecular weight is 429 g/mol. The third kappa shape index (κ3) is 5.98. The van der Waals surface area contributed by atoms with Crippen LogP contribution in [0.15, 0.2) is 40.7 Å². The van der Waals surface area contributed by atoms with Gasteiger partial charge in [-0.1, -0.05) is 12.1 Å². The number of nitrogens with zero attached hydrogens (tertiary/aromatic N) is 2. The van der Waals surface area contributed by atoms with Crippen molar-refractivity contribution in [2.24, 2.45) is 10.9 Å². The van der Waals surface area contributed by atoms with Gasteiger partial charge in [-0.05, 0) is 60.4 Å². The summed E-state index contributed by atoms with van der Waals surface area (Å²) in [7, 11) is 3.39. The minimum atomic E-state index is 0.138. The van der Waals surface area contributed by atoms with Gasteiger partial charge in [0.05, 0.1) is 13.7 Å². The average Bonchev–Trinajstić information content (AvgIpc) is 3.26. The molecular weight excluding hydrogens is 396 g/mol. The largest absolute Gasteiger partial charge is 0.497 e. The Morgan fingerprint density at radius 3 is 2.60 bits per heavy atom. The fourth-order valence-electron chi connectivity index (χ4n) is 3.69. The Morgan fingerprint density at radius 2 is 1.97 bits per heavy atom. The van der Waals surface area contributed by atoms with E-state index in [1.807, 2.05) is 12.1 Å². The molecule has 0 saturated carbocycles. The molecule has 1 aromatic heterocycles. The molecule has 1 aromatic carbocycles. The molecule has 3 rings (SSSR count). The van der Waals surface area contributed by atoms with Gasteiger partial charge in [-0.3, -0.25) is 4.79 Å². The van der Waals surface area contributed by atoms with Crippen molar-refractivity contribution in [2.75, 3.05) is 33.8 Å².